The molecule has 0 saturated carbocycles. The van der Waals surface area contributed by atoms with Crippen molar-refractivity contribution in [1.82, 2.24) is 5.32 Å². The zero-order valence-electron chi connectivity index (χ0n) is 13.0. The maximum Gasteiger partial charge on any atom is 0.123 e. The van der Waals surface area contributed by atoms with Crippen LogP contribution in [0, 0.1) is 0 Å². The fourth-order valence-corrected chi connectivity index (χ4v) is 2.90. The molecule has 3 nitrogen and oxygen atoms in total. The van der Waals surface area contributed by atoms with E-state index in [0.29, 0.717) is 19.1 Å². The minimum atomic E-state index is 0.537. The Morgan fingerprint density at radius 1 is 1.10 bits per heavy atom. The summed E-state index contributed by atoms with van der Waals surface area (Å²) >= 11 is 0. The van der Waals surface area contributed by atoms with Crippen molar-refractivity contribution in [3.05, 3.63) is 23.3 Å². The number of piperidine rings is 1. The number of hydrogen-bond donors (Lipinski definition) is 1. The molecule has 0 unspecified atom stereocenters. The highest BCUT2D eigenvalue weighted by molar-refractivity contribution is 5.48. The highest BCUT2D eigenvalue weighted by Gasteiger charge is 2.21. The van der Waals surface area contributed by atoms with Crippen molar-refractivity contribution in [2.45, 2.75) is 46.0 Å². The van der Waals surface area contributed by atoms with Gasteiger partial charge in [-0.25, -0.2) is 0 Å². The Morgan fingerprint density at radius 3 is 2.45 bits per heavy atom. The molecule has 0 amide bonds. The summed E-state index contributed by atoms with van der Waals surface area (Å²) in [6.07, 6.45) is 3.43. The summed E-state index contributed by atoms with van der Waals surface area (Å²) in [4.78, 5) is 0. The minimum Gasteiger partial charge on any atom is -0.494 e. The normalized spacial score (nSPS) is 18.9. The molecule has 1 fully saturated rings. The van der Waals surface area contributed by atoms with Gasteiger partial charge in [-0.3, -0.25) is 0 Å². The van der Waals surface area contributed by atoms with Crippen LogP contribution in [0.4, 0.5) is 0 Å². The maximum atomic E-state index is 5.88. The first kappa shape index (κ1) is 15.2. The van der Waals surface area contributed by atoms with E-state index in [1.807, 2.05) is 13.8 Å². The molecule has 1 aromatic carbocycles. The molecule has 0 bridgehead atoms. The first-order valence-electron chi connectivity index (χ1n) is 7.93. The van der Waals surface area contributed by atoms with E-state index in [4.69, 9.17) is 9.47 Å². The molecular formula is C17H27NO2. The Morgan fingerprint density at radius 2 is 1.85 bits per heavy atom. The number of aryl methyl sites for hydroxylation is 1. The van der Waals surface area contributed by atoms with Crippen molar-refractivity contribution in [3.8, 4) is 11.5 Å². The van der Waals surface area contributed by atoms with Gasteiger partial charge in [-0.05, 0) is 57.4 Å². The van der Waals surface area contributed by atoms with Crippen LogP contribution in [0.1, 0.15) is 50.7 Å². The minimum absolute atomic E-state index is 0.537. The van der Waals surface area contributed by atoms with Gasteiger partial charge in [0.25, 0.3) is 0 Å². The second-order valence-electron chi connectivity index (χ2n) is 5.26. The van der Waals surface area contributed by atoms with E-state index < -0.39 is 0 Å². The molecule has 2 rings (SSSR count). The van der Waals surface area contributed by atoms with Gasteiger partial charge in [0.15, 0.2) is 0 Å². The number of hydrogen-bond acceptors (Lipinski definition) is 3. The van der Waals surface area contributed by atoms with Gasteiger partial charge >= 0.3 is 0 Å². The van der Waals surface area contributed by atoms with Crippen molar-refractivity contribution < 1.29 is 9.47 Å². The van der Waals surface area contributed by atoms with Gasteiger partial charge in [-0.1, -0.05) is 6.92 Å². The summed E-state index contributed by atoms with van der Waals surface area (Å²) in [6.45, 7) is 9.84. The average Bonchev–Trinajstić information content (AvgIpc) is 2.49. The highest BCUT2D eigenvalue weighted by atomic mass is 16.5. The molecule has 112 valence electrons. The molecule has 3 heteroatoms. The standard InChI is InChI=1S/C17H27NO2/c1-4-13-10-17(20-6-3)15(11-16(13)19-5-2)14-8-7-9-18-12-14/h10-11,14,18H,4-9,12H2,1-3H3/t14-/m0/s1. The molecule has 1 N–H and O–H groups in total. The lowest BCUT2D eigenvalue weighted by Gasteiger charge is -2.26. The van der Waals surface area contributed by atoms with Crippen molar-refractivity contribution >= 4 is 0 Å². The summed E-state index contributed by atoms with van der Waals surface area (Å²) in [5.74, 6) is 2.61. The molecule has 0 aromatic heterocycles. The predicted octanol–water partition coefficient (Wildman–Crippen LogP) is 3.51. The third kappa shape index (κ3) is 3.45. The third-order valence-corrected chi connectivity index (χ3v) is 3.91. The van der Waals surface area contributed by atoms with E-state index in [1.54, 1.807) is 0 Å². The molecule has 1 aliphatic heterocycles. The molecule has 1 saturated heterocycles. The Bertz CT molecular complexity index is 425. The van der Waals surface area contributed by atoms with Crippen LogP contribution in [0.3, 0.4) is 0 Å². The van der Waals surface area contributed by atoms with E-state index in [2.05, 4.69) is 24.4 Å². The average molecular weight is 277 g/mol. The monoisotopic (exact) mass is 277 g/mol. The van der Waals surface area contributed by atoms with E-state index in [0.717, 1.165) is 31.0 Å². The smallest absolute Gasteiger partial charge is 0.123 e. The number of nitrogens with one attached hydrogen (secondary N) is 1. The van der Waals surface area contributed by atoms with Crippen molar-refractivity contribution in [3.63, 3.8) is 0 Å². The van der Waals surface area contributed by atoms with E-state index >= 15 is 0 Å². The Kier molecular flexibility index (Phi) is 5.72. The summed E-state index contributed by atoms with van der Waals surface area (Å²) in [5, 5.41) is 3.49. The lowest BCUT2D eigenvalue weighted by Crippen LogP contribution is -2.28. The molecule has 20 heavy (non-hydrogen) atoms. The van der Waals surface area contributed by atoms with Crippen molar-refractivity contribution in [2.75, 3.05) is 26.3 Å². The van der Waals surface area contributed by atoms with Crippen LogP contribution < -0.4 is 14.8 Å². The lowest BCUT2D eigenvalue weighted by molar-refractivity contribution is 0.319. The molecule has 1 heterocycles. The zero-order valence-corrected chi connectivity index (χ0v) is 13.0. The zero-order chi connectivity index (χ0) is 14.4. The Hall–Kier alpha value is -1.22. The number of rotatable bonds is 6. The van der Waals surface area contributed by atoms with Crippen LogP contribution in [0.25, 0.3) is 0 Å². The summed E-state index contributed by atoms with van der Waals surface area (Å²) in [5.41, 5.74) is 2.54. The summed E-state index contributed by atoms with van der Waals surface area (Å²) < 4.78 is 11.7. The maximum absolute atomic E-state index is 5.88. The Labute approximate surface area is 122 Å². The van der Waals surface area contributed by atoms with Crippen LogP contribution >= 0.6 is 0 Å². The van der Waals surface area contributed by atoms with Gasteiger partial charge in [-0.2, -0.15) is 0 Å². The van der Waals surface area contributed by atoms with Crippen LogP contribution in [0.5, 0.6) is 11.5 Å². The third-order valence-electron chi connectivity index (χ3n) is 3.91. The molecule has 0 spiro atoms. The van der Waals surface area contributed by atoms with E-state index in [9.17, 15) is 0 Å². The van der Waals surface area contributed by atoms with Crippen LogP contribution in [-0.4, -0.2) is 26.3 Å². The van der Waals surface area contributed by atoms with E-state index in [1.165, 1.54) is 24.0 Å². The molecule has 0 aliphatic carbocycles. The highest BCUT2D eigenvalue weighted by Crippen LogP contribution is 2.36. The fraction of sp³-hybridized carbons (Fsp3) is 0.647. The van der Waals surface area contributed by atoms with Crippen molar-refractivity contribution in [1.29, 1.82) is 0 Å². The first-order chi connectivity index (χ1) is 9.80. The second-order valence-corrected chi connectivity index (χ2v) is 5.26. The molecular weight excluding hydrogens is 250 g/mol. The number of benzene rings is 1. The fourth-order valence-electron chi connectivity index (χ4n) is 2.90. The second kappa shape index (κ2) is 7.53. The largest absolute Gasteiger partial charge is 0.494 e. The lowest BCUT2D eigenvalue weighted by atomic mass is 9.89. The van der Waals surface area contributed by atoms with Gasteiger partial charge in [0.2, 0.25) is 0 Å². The quantitative estimate of drug-likeness (QED) is 0.863. The van der Waals surface area contributed by atoms with Crippen LogP contribution in [0.15, 0.2) is 12.1 Å². The SMILES string of the molecule is CCOc1cc([C@H]2CCCNC2)c(OCC)cc1CC. The van der Waals surface area contributed by atoms with Crippen LogP contribution in [0.2, 0.25) is 0 Å². The Balaban J connectivity index is 2.36. The van der Waals surface area contributed by atoms with Gasteiger partial charge in [0.05, 0.1) is 13.2 Å². The first-order valence-corrected chi connectivity index (χ1v) is 7.93. The molecule has 1 atom stereocenters. The topological polar surface area (TPSA) is 30.5 Å². The summed E-state index contributed by atoms with van der Waals surface area (Å²) in [6, 6.07) is 4.39. The molecule has 1 aromatic rings. The van der Waals surface area contributed by atoms with Crippen molar-refractivity contribution in [2.24, 2.45) is 0 Å². The summed E-state index contributed by atoms with van der Waals surface area (Å²) in [7, 11) is 0. The van der Waals surface area contributed by atoms with Gasteiger partial charge in [-0.15, -0.1) is 0 Å². The van der Waals surface area contributed by atoms with Gasteiger partial charge in [0.1, 0.15) is 11.5 Å². The number of ether oxygens (including phenoxy) is 2. The van der Waals surface area contributed by atoms with Gasteiger partial charge in [0, 0.05) is 18.0 Å². The molecule has 0 radical (unpaired) electrons. The molecule has 1 aliphatic rings. The van der Waals surface area contributed by atoms with E-state index in [-0.39, 0.29) is 0 Å². The van der Waals surface area contributed by atoms with Crippen LogP contribution in [-0.2, 0) is 6.42 Å². The van der Waals surface area contributed by atoms with Gasteiger partial charge < -0.3 is 14.8 Å². The predicted molar refractivity (Wildman–Crippen MR) is 83.0 cm³/mol.